The average molecular weight is 564 g/mol. The SMILES string of the molecule is C[C@@H](Nc1nc(C(=O)O)nc2nc(-c3ccc(C(=O)C4CC4)cc3)n(Cc3ccc(C(F)(F)F)cc3)c12)C1CCC1. The Bertz CT molecular complexity index is 1620. The van der Waals surface area contributed by atoms with Gasteiger partial charge in [0.05, 0.1) is 5.56 Å². The highest BCUT2D eigenvalue weighted by Crippen LogP contribution is 2.36. The van der Waals surface area contributed by atoms with E-state index in [1.807, 2.05) is 6.92 Å². The summed E-state index contributed by atoms with van der Waals surface area (Å²) in [7, 11) is 0. The molecule has 0 radical (unpaired) electrons. The number of carbonyl (C=O) groups is 2. The van der Waals surface area contributed by atoms with E-state index in [1.165, 1.54) is 12.1 Å². The molecule has 0 spiro atoms. The molecule has 1 atom stereocenters. The fourth-order valence-electron chi connectivity index (χ4n) is 5.23. The normalized spacial score (nSPS) is 16.4. The molecule has 0 amide bonds. The summed E-state index contributed by atoms with van der Waals surface area (Å²) in [5.74, 6) is -0.385. The van der Waals surface area contributed by atoms with Gasteiger partial charge in [0.2, 0.25) is 5.82 Å². The lowest BCUT2D eigenvalue weighted by Gasteiger charge is -2.32. The minimum absolute atomic E-state index is 0.00841. The molecule has 2 saturated carbocycles. The number of ketones is 1. The Morgan fingerprint density at radius 1 is 1.00 bits per heavy atom. The molecule has 2 fully saturated rings. The highest BCUT2D eigenvalue weighted by molar-refractivity contribution is 5.99. The van der Waals surface area contributed by atoms with E-state index in [0.29, 0.717) is 39.8 Å². The maximum Gasteiger partial charge on any atom is 0.416 e. The van der Waals surface area contributed by atoms with Crippen LogP contribution in [-0.4, -0.2) is 42.4 Å². The Hall–Kier alpha value is -4.28. The van der Waals surface area contributed by atoms with Crippen LogP contribution in [0.5, 0.6) is 0 Å². The predicted octanol–water partition coefficient (Wildman–Crippen LogP) is 6.45. The van der Waals surface area contributed by atoms with Crippen LogP contribution >= 0.6 is 0 Å². The van der Waals surface area contributed by atoms with Crippen molar-refractivity contribution in [3.63, 3.8) is 0 Å². The lowest BCUT2D eigenvalue weighted by Crippen LogP contribution is -2.31. The number of hydrogen-bond acceptors (Lipinski definition) is 6. The lowest BCUT2D eigenvalue weighted by molar-refractivity contribution is -0.137. The Morgan fingerprint density at radius 2 is 1.68 bits per heavy atom. The Morgan fingerprint density at radius 3 is 2.24 bits per heavy atom. The molecule has 2 aliphatic rings. The Kier molecular flexibility index (Phi) is 6.75. The molecule has 0 bridgehead atoms. The number of aromatic nitrogens is 4. The summed E-state index contributed by atoms with van der Waals surface area (Å²) in [5, 5.41) is 13.1. The van der Waals surface area contributed by atoms with Crippen LogP contribution in [0.25, 0.3) is 22.6 Å². The number of alkyl halides is 3. The van der Waals surface area contributed by atoms with Crippen molar-refractivity contribution < 1.29 is 27.9 Å². The third-order valence-corrected chi connectivity index (χ3v) is 8.01. The molecule has 2 N–H and O–H groups in total. The second-order valence-electron chi connectivity index (χ2n) is 10.9. The summed E-state index contributed by atoms with van der Waals surface area (Å²) in [6, 6.07) is 11.9. The van der Waals surface area contributed by atoms with Gasteiger partial charge in [-0.3, -0.25) is 4.79 Å². The minimum atomic E-state index is -4.46. The zero-order valence-corrected chi connectivity index (χ0v) is 22.3. The number of halogens is 3. The largest absolute Gasteiger partial charge is 0.475 e. The van der Waals surface area contributed by atoms with Gasteiger partial charge in [0.15, 0.2) is 17.2 Å². The summed E-state index contributed by atoms with van der Waals surface area (Å²) in [6.07, 6.45) is 0.561. The van der Waals surface area contributed by atoms with Gasteiger partial charge in [-0.2, -0.15) is 13.2 Å². The van der Waals surface area contributed by atoms with Crippen LogP contribution < -0.4 is 5.32 Å². The number of aromatic carboxylic acids is 1. The van der Waals surface area contributed by atoms with Gasteiger partial charge in [0.1, 0.15) is 11.3 Å². The van der Waals surface area contributed by atoms with Gasteiger partial charge in [-0.1, -0.05) is 42.8 Å². The first-order valence-electron chi connectivity index (χ1n) is 13.7. The fraction of sp³-hybridized carbons (Fsp3) is 0.367. The van der Waals surface area contributed by atoms with Crippen molar-refractivity contribution in [1.82, 2.24) is 19.5 Å². The number of imidazole rings is 1. The van der Waals surface area contributed by atoms with E-state index in [4.69, 9.17) is 4.98 Å². The monoisotopic (exact) mass is 563 g/mol. The van der Waals surface area contributed by atoms with E-state index in [9.17, 15) is 27.9 Å². The van der Waals surface area contributed by atoms with Gasteiger partial charge in [0, 0.05) is 29.6 Å². The Balaban J connectivity index is 1.47. The number of fused-ring (bicyclic) bond motifs is 1. The van der Waals surface area contributed by atoms with Gasteiger partial charge in [-0.25, -0.2) is 19.7 Å². The highest BCUT2D eigenvalue weighted by Gasteiger charge is 2.32. The highest BCUT2D eigenvalue weighted by atomic mass is 19.4. The van der Waals surface area contributed by atoms with Crippen molar-refractivity contribution in [2.24, 2.45) is 11.8 Å². The van der Waals surface area contributed by atoms with Crippen molar-refractivity contribution in [1.29, 1.82) is 0 Å². The number of nitrogens with zero attached hydrogens (tertiary/aromatic N) is 4. The van der Waals surface area contributed by atoms with Crippen LogP contribution in [0.3, 0.4) is 0 Å². The first-order chi connectivity index (χ1) is 19.6. The molecule has 8 nitrogen and oxygen atoms in total. The summed E-state index contributed by atoms with van der Waals surface area (Å²) in [5.41, 5.74) is 1.69. The summed E-state index contributed by atoms with van der Waals surface area (Å²) < 4.78 is 41.4. The molecule has 2 aromatic heterocycles. The van der Waals surface area contributed by atoms with Gasteiger partial charge < -0.3 is 15.0 Å². The van der Waals surface area contributed by atoms with Crippen molar-refractivity contribution in [3.05, 3.63) is 71.0 Å². The van der Waals surface area contributed by atoms with E-state index in [1.54, 1.807) is 28.8 Å². The van der Waals surface area contributed by atoms with Gasteiger partial charge >= 0.3 is 12.1 Å². The summed E-state index contributed by atoms with van der Waals surface area (Å²) in [4.78, 5) is 37.7. The zero-order chi connectivity index (χ0) is 28.9. The molecular formula is C30H28F3N5O3. The van der Waals surface area contributed by atoms with Crippen LogP contribution in [0.1, 0.15) is 71.1 Å². The maximum atomic E-state index is 13.2. The molecule has 4 aromatic rings. The van der Waals surface area contributed by atoms with Crippen molar-refractivity contribution >= 4 is 28.7 Å². The van der Waals surface area contributed by atoms with Crippen molar-refractivity contribution in [3.8, 4) is 11.4 Å². The molecular weight excluding hydrogens is 535 g/mol. The number of Topliss-reactive ketones (excluding diaryl/α,β-unsaturated/α-hetero) is 1. The summed E-state index contributed by atoms with van der Waals surface area (Å²) in [6.45, 7) is 2.15. The number of rotatable bonds is 9. The van der Waals surface area contributed by atoms with Crippen molar-refractivity contribution in [2.45, 2.75) is 57.8 Å². The number of hydrogen-bond donors (Lipinski definition) is 2. The number of carbonyl (C=O) groups excluding carboxylic acids is 1. The molecule has 2 aromatic carbocycles. The quantitative estimate of drug-likeness (QED) is 0.225. The van der Waals surface area contributed by atoms with Crippen molar-refractivity contribution in [2.75, 3.05) is 5.32 Å². The Labute approximate surface area is 233 Å². The smallest absolute Gasteiger partial charge is 0.416 e. The first kappa shape index (κ1) is 26.9. The van der Waals surface area contributed by atoms with E-state index < -0.39 is 23.5 Å². The lowest BCUT2D eigenvalue weighted by atomic mass is 9.80. The van der Waals surface area contributed by atoms with Crippen LogP contribution in [0.15, 0.2) is 48.5 Å². The molecule has 6 rings (SSSR count). The molecule has 41 heavy (non-hydrogen) atoms. The van der Waals surface area contributed by atoms with E-state index >= 15 is 0 Å². The van der Waals surface area contributed by atoms with Gasteiger partial charge in [0.25, 0.3) is 0 Å². The van der Waals surface area contributed by atoms with Crippen LogP contribution in [-0.2, 0) is 12.7 Å². The van der Waals surface area contributed by atoms with E-state index in [0.717, 1.165) is 44.2 Å². The molecule has 0 unspecified atom stereocenters. The molecule has 0 aliphatic heterocycles. The second-order valence-corrected chi connectivity index (χ2v) is 10.9. The molecule has 2 aliphatic carbocycles. The molecule has 2 heterocycles. The number of carboxylic acids is 1. The number of nitrogens with one attached hydrogen (secondary N) is 1. The minimum Gasteiger partial charge on any atom is -0.475 e. The fourth-order valence-corrected chi connectivity index (χ4v) is 5.23. The third-order valence-electron chi connectivity index (χ3n) is 8.01. The van der Waals surface area contributed by atoms with Gasteiger partial charge in [-0.15, -0.1) is 0 Å². The van der Waals surface area contributed by atoms with Crippen LogP contribution in [0.4, 0.5) is 19.0 Å². The van der Waals surface area contributed by atoms with Crippen LogP contribution in [0.2, 0.25) is 0 Å². The number of carboxylic acid groups (broad SMARTS) is 1. The van der Waals surface area contributed by atoms with Crippen LogP contribution in [0, 0.1) is 11.8 Å². The molecule has 0 saturated heterocycles. The van der Waals surface area contributed by atoms with Gasteiger partial charge in [-0.05, 0) is 56.2 Å². The average Bonchev–Trinajstić information content (AvgIpc) is 3.69. The number of anilines is 1. The maximum absolute atomic E-state index is 13.2. The first-order valence-corrected chi connectivity index (χ1v) is 13.7. The number of benzene rings is 2. The molecule has 212 valence electrons. The zero-order valence-electron chi connectivity index (χ0n) is 22.3. The van der Waals surface area contributed by atoms with E-state index in [-0.39, 0.29) is 29.9 Å². The summed E-state index contributed by atoms with van der Waals surface area (Å²) >= 11 is 0. The molecule has 11 heteroatoms. The standard InChI is InChI=1S/C30H28F3N5O3/c1-16(18-3-2-4-18)34-25-23-26(36-27(35-25)29(40)41)37-28(21-11-9-20(10-12-21)24(39)19-7-8-19)38(23)15-17-5-13-22(14-6-17)30(31,32)33/h5-6,9-14,16,18-19H,2-4,7-8,15H2,1H3,(H,40,41)(H,34,35,36)/t16-/m1/s1. The second kappa shape index (κ2) is 10.3. The topological polar surface area (TPSA) is 110 Å². The van der Waals surface area contributed by atoms with E-state index in [2.05, 4.69) is 15.3 Å². The predicted molar refractivity (Wildman–Crippen MR) is 146 cm³/mol. The third kappa shape index (κ3) is 5.40.